The molecule has 0 fully saturated rings. The zero-order valence-electron chi connectivity index (χ0n) is 38.9. The first kappa shape index (κ1) is 40.2. The van der Waals surface area contributed by atoms with E-state index in [1.807, 2.05) is 12.1 Å². The van der Waals surface area contributed by atoms with Gasteiger partial charge in [-0.15, -0.1) is 0 Å². The van der Waals surface area contributed by atoms with E-state index in [4.69, 9.17) is 9.97 Å². The van der Waals surface area contributed by atoms with Gasteiger partial charge >= 0.3 is 0 Å². The lowest BCUT2D eigenvalue weighted by Gasteiger charge is -2.21. The maximum atomic E-state index is 5.20. The smallest absolute Gasteiger partial charge is 0.160 e. The molecule has 10 aromatic carbocycles. The fraction of sp³-hybridized carbons (Fsp3) is 0.0448. The zero-order chi connectivity index (χ0) is 46.5. The van der Waals surface area contributed by atoms with Crippen molar-refractivity contribution in [1.82, 2.24) is 14.4 Å². The Morgan fingerprint density at radius 2 is 0.743 bits per heavy atom. The van der Waals surface area contributed by atoms with Crippen molar-refractivity contribution in [3.63, 3.8) is 0 Å². The maximum Gasteiger partial charge on any atom is 0.160 e. The van der Waals surface area contributed by atoms with Gasteiger partial charge in [-0.05, 0) is 97.6 Å². The van der Waals surface area contributed by atoms with Crippen molar-refractivity contribution in [3.05, 3.63) is 248 Å². The van der Waals surface area contributed by atoms with Crippen molar-refractivity contribution in [3.8, 4) is 89.5 Å². The highest BCUT2D eigenvalue weighted by Gasteiger charge is 2.36. The molecule has 0 spiro atoms. The second kappa shape index (κ2) is 15.6. The fourth-order valence-corrected chi connectivity index (χ4v) is 11.5. The number of hydrogen-bond donors (Lipinski definition) is 0. The van der Waals surface area contributed by atoms with E-state index >= 15 is 0 Å². The van der Waals surface area contributed by atoms with E-state index < -0.39 is 0 Å². The first-order valence-electron chi connectivity index (χ1n) is 24.2. The Hall–Kier alpha value is -8.92. The Morgan fingerprint density at radius 1 is 0.300 bits per heavy atom. The van der Waals surface area contributed by atoms with E-state index in [9.17, 15) is 0 Å². The summed E-state index contributed by atoms with van der Waals surface area (Å²) in [5.41, 5.74) is 23.3. The Kier molecular flexibility index (Phi) is 8.93. The van der Waals surface area contributed by atoms with Gasteiger partial charge in [-0.1, -0.05) is 214 Å². The lowest BCUT2D eigenvalue weighted by molar-refractivity contribution is 0.660. The number of aromatic nitrogens is 3. The summed E-state index contributed by atoms with van der Waals surface area (Å²) in [6.45, 7) is 4.69. The number of fused-ring (bicyclic) bond motifs is 9. The van der Waals surface area contributed by atoms with Crippen LogP contribution in [0.2, 0.25) is 0 Å². The highest BCUT2D eigenvalue weighted by molar-refractivity contribution is 6.25. The molecule has 0 saturated carbocycles. The molecule has 0 N–H and O–H groups in total. The number of rotatable bonds is 7. The van der Waals surface area contributed by atoms with Gasteiger partial charge in [0, 0.05) is 49.2 Å². The van der Waals surface area contributed by atoms with E-state index in [0.717, 1.165) is 33.9 Å². The number of para-hydroxylation sites is 2. The highest BCUT2D eigenvalue weighted by atomic mass is 14.9. The summed E-state index contributed by atoms with van der Waals surface area (Å²) >= 11 is 0. The molecule has 3 nitrogen and oxygen atoms in total. The van der Waals surface area contributed by atoms with Crippen LogP contribution in [0.5, 0.6) is 0 Å². The third-order valence-electron chi connectivity index (χ3n) is 14.9. The highest BCUT2D eigenvalue weighted by Crippen LogP contribution is 2.51. The summed E-state index contributed by atoms with van der Waals surface area (Å²) in [5, 5.41) is 5.10. The van der Waals surface area contributed by atoms with Crippen molar-refractivity contribution in [2.45, 2.75) is 19.3 Å². The van der Waals surface area contributed by atoms with Crippen molar-refractivity contribution in [2.75, 3.05) is 0 Å². The predicted octanol–water partition coefficient (Wildman–Crippen LogP) is 17.6. The fourth-order valence-electron chi connectivity index (χ4n) is 11.5. The van der Waals surface area contributed by atoms with Crippen LogP contribution < -0.4 is 0 Å². The number of nitrogens with zero attached hydrogens (tertiary/aromatic N) is 3. The van der Waals surface area contributed by atoms with Gasteiger partial charge in [0.05, 0.1) is 27.9 Å². The van der Waals surface area contributed by atoms with Gasteiger partial charge in [-0.25, -0.2) is 9.97 Å². The monoisotopic (exact) mass is 891 g/mol. The summed E-state index contributed by atoms with van der Waals surface area (Å²) in [6, 6.07) is 86.2. The van der Waals surface area contributed by atoms with E-state index in [-0.39, 0.29) is 5.41 Å². The normalized spacial score (nSPS) is 12.8. The Bertz CT molecular complexity index is 4130. The van der Waals surface area contributed by atoms with Crippen LogP contribution >= 0.6 is 0 Å². The first-order valence-corrected chi connectivity index (χ1v) is 24.2. The molecule has 1 aliphatic carbocycles. The van der Waals surface area contributed by atoms with Crippen molar-refractivity contribution >= 4 is 38.1 Å². The average molecular weight is 892 g/mol. The summed E-state index contributed by atoms with van der Waals surface area (Å²) in [7, 11) is 0. The molecule has 0 radical (unpaired) electrons. The molecule has 3 aromatic heterocycles. The molecular formula is C67H45N3. The second-order valence-corrected chi connectivity index (χ2v) is 19.3. The SMILES string of the molecule is CC1(C)c2ccc(-c3cccc(-c4cccc5c6cccc7c8ccc(-c9cccc(-c%10ccccc%10)c9)cc8n(c45)c76)c3)cc2-c2cc(-c3nc(-c4ccccc4)cc(-c4ccccc4)n3)ccc21. The minimum Gasteiger partial charge on any atom is -0.307 e. The minimum absolute atomic E-state index is 0.166. The largest absolute Gasteiger partial charge is 0.307 e. The molecule has 0 unspecified atom stereocenters. The second-order valence-electron chi connectivity index (χ2n) is 19.3. The van der Waals surface area contributed by atoms with Gasteiger partial charge in [0.2, 0.25) is 0 Å². The van der Waals surface area contributed by atoms with Gasteiger partial charge in [0.1, 0.15) is 0 Å². The van der Waals surface area contributed by atoms with Crippen LogP contribution in [-0.4, -0.2) is 14.4 Å². The van der Waals surface area contributed by atoms with Gasteiger partial charge in [-0.2, -0.15) is 0 Å². The predicted molar refractivity (Wildman–Crippen MR) is 292 cm³/mol. The van der Waals surface area contributed by atoms with Gasteiger partial charge < -0.3 is 4.40 Å². The molecule has 0 bridgehead atoms. The standard InChI is InChI=1S/C67H45N3/c1-67(2)59-34-31-48(38-57(59)58-39-51(32-35-60(58)67)66-68-61(43-18-8-4-9-19-43)41-62(69-66)44-20-10-5-11-21-44)47-24-13-25-50(37-47)52-26-14-28-55-56-29-15-27-54-53-33-30-49(40-63(53)70(64(52)55)65(54)56)46-23-12-22-45(36-46)42-16-6-3-7-17-42/h3-41H,1-2H3. The van der Waals surface area contributed by atoms with Gasteiger partial charge in [0.25, 0.3) is 0 Å². The zero-order valence-corrected chi connectivity index (χ0v) is 38.9. The van der Waals surface area contributed by atoms with Gasteiger partial charge in [-0.3, -0.25) is 0 Å². The number of benzene rings is 10. The summed E-state index contributed by atoms with van der Waals surface area (Å²) in [6.07, 6.45) is 0. The van der Waals surface area contributed by atoms with Crippen LogP contribution in [0.25, 0.3) is 128 Å². The van der Waals surface area contributed by atoms with Crippen molar-refractivity contribution in [2.24, 2.45) is 0 Å². The van der Waals surface area contributed by atoms with Crippen LogP contribution in [0.4, 0.5) is 0 Å². The molecule has 70 heavy (non-hydrogen) atoms. The third kappa shape index (κ3) is 6.28. The van der Waals surface area contributed by atoms with E-state index in [1.165, 1.54) is 105 Å². The Labute approximate surface area is 407 Å². The Balaban J connectivity index is 0.885. The van der Waals surface area contributed by atoms with E-state index in [1.54, 1.807) is 0 Å². The van der Waals surface area contributed by atoms with Crippen LogP contribution in [0, 0.1) is 0 Å². The van der Waals surface area contributed by atoms with E-state index in [2.05, 4.69) is 243 Å². The quantitative estimate of drug-likeness (QED) is 0.160. The molecule has 14 rings (SSSR count). The maximum absolute atomic E-state index is 5.20. The van der Waals surface area contributed by atoms with Crippen LogP contribution in [-0.2, 0) is 5.41 Å². The van der Waals surface area contributed by atoms with Crippen LogP contribution in [0.3, 0.4) is 0 Å². The molecular weight excluding hydrogens is 847 g/mol. The Morgan fingerprint density at radius 3 is 1.39 bits per heavy atom. The molecule has 328 valence electrons. The number of hydrogen-bond acceptors (Lipinski definition) is 2. The summed E-state index contributed by atoms with van der Waals surface area (Å²) < 4.78 is 2.54. The molecule has 1 aliphatic rings. The lowest BCUT2D eigenvalue weighted by Crippen LogP contribution is -2.14. The minimum atomic E-state index is -0.166. The lowest BCUT2D eigenvalue weighted by atomic mass is 9.82. The van der Waals surface area contributed by atoms with Gasteiger partial charge in [0.15, 0.2) is 5.82 Å². The van der Waals surface area contributed by atoms with Crippen molar-refractivity contribution in [1.29, 1.82) is 0 Å². The van der Waals surface area contributed by atoms with Crippen molar-refractivity contribution < 1.29 is 0 Å². The topological polar surface area (TPSA) is 30.2 Å². The van der Waals surface area contributed by atoms with Crippen LogP contribution in [0.1, 0.15) is 25.0 Å². The molecule has 3 heteroatoms. The van der Waals surface area contributed by atoms with E-state index in [0.29, 0.717) is 0 Å². The summed E-state index contributed by atoms with van der Waals surface area (Å²) in [4.78, 5) is 10.4. The molecule has 3 heterocycles. The average Bonchev–Trinajstić information content (AvgIpc) is 4.03. The molecule has 0 atom stereocenters. The molecule has 13 aromatic rings. The summed E-state index contributed by atoms with van der Waals surface area (Å²) in [5.74, 6) is 0.719. The third-order valence-corrected chi connectivity index (χ3v) is 14.9. The molecule has 0 aliphatic heterocycles. The molecule has 0 saturated heterocycles. The van der Waals surface area contributed by atoms with Crippen LogP contribution in [0.15, 0.2) is 237 Å². The first-order chi connectivity index (χ1) is 34.4. The molecule has 0 amide bonds.